The molecule has 0 radical (unpaired) electrons. The first-order valence-electron chi connectivity index (χ1n) is 20.8. The number of aliphatic hydroxyl groups excluding tert-OH is 2. The van der Waals surface area contributed by atoms with Crippen LogP contribution in [-0.2, 0) is 42.9 Å². The first-order valence-corrected chi connectivity index (χ1v) is 20.8. The van der Waals surface area contributed by atoms with E-state index in [9.17, 15) is 49.8 Å². The molecule has 7 aliphatic rings. The smallest absolute Gasteiger partial charge is 0.341 e. The van der Waals surface area contributed by atoms with Crippen molar-refractivity contribution in [2.45, 2.75) is 172 Å². The number of ether oxygens (including phenoxy) is 5. The van der Waals surface area contributed by atoms with Crippen molar-refractivity contribution >= 4 is 23.9 Å². The molecule has 57 heavy (non-hydrogen) atoms. The van der Waals surface area contributed by atoms with Crippen LogP contribution in [0.25, 0.3) is 0 Å². The van der Waals surface area contributed by atoms with Gasteiger partial charge in [0.15, 0.2) is 17.8 Å². The van der Waals surface area contributed by atoms with Crippen LogP contribution in [0.15, 0.2) is 0 Å². The third kappa shape index (κ3) is 5.81. The number of hydrogen-bond acceptors (Lipinski definition) is 16. The van der Waals surface area contributed by atoms with Gasteiger partial charge in [-0.2, -0.15) is 0 Å². The van der Waals surface area contributed by atoms with E-state index in [1.54, 1.807) is 20.8 Å². The molecular formula is C41H63NO15. The highest BCUT2D eigenvalue weighted by atomic mass is 16.7. The number of piperidine rings is 2. The quantitative estimate of drug-likeness (QED) is 0.145. The van der Waals surface area contributed by atoms with Gasteiger partial charge in [-0.3, -0.25) is 19.3 Å². The summed E-state index contributed by atoms with van der Waals surface area (Å²) in [6.45, 7) is 14.7. The molecule has 0 aromatic heterocycles. The Morgan fingerprint density at radius 3 is 2.12 bits per heavy atom. The highest BCUT2D eigenvalue weighted by Gasteiger charge is 2.90. The Labute approximate surface area is 333 Å². The number of esters is 4. The van der Waals surface area contributed by atoms with Crippen LogP contribution in [0.4, 0.5) is 0 Å². The number of fused-ring (bicyclic) bond motifs is 5. The Morgan fingerprint density at radius 2 is 1.54 bits per heavy atom. The lowest BCUT2D eigenvalue weighted by Gasteiger charge is -2.64. The largest absolute Gasteiger partial charge is 0.458 e. The van der Waals surface area contributed by atoms with Gasteiger partial charge in [-0.15, -0.1) is 0 Å². The van der Waals surface area contributed by atoms with Crippen LogP contribution in [0.2, 0.25) is 0 Å². The van der Waals surface area contributed by atoms with E-state index in [-0.39, 0.29) is 25.3 Å². The standard InChI is InChI=1S/C41H63NO15/c1-10-19(3)34(47)56-33-28(46)27-23(17-42-16-18(2)11-12-25(42)38(27,9)50)24-15-39-32(40(24,33)51)30(54-22(6)45)29(53-21(5)44)31-36(39,7)14-13-26(41(31,52)57-39)55-35(48)37(8,49)20(4)43/h18-20,23-33,43,46,49-52H,10-17H2,1-9H3/t18-,19+,20+,23-,24-,25-,26-,27+,28+,29-,30+,31-,32+,33-,36-,37+,38+,39+,40-,41-/m0/s1. The molecule has 16 heteroatoms. The molecule has 7 fully saturated rings. The fraction of sp³-hybridized carbons (Fsp3) is 0.902. The summed E-state index contributed by atoms with van der Waals surface area (Å²) in [6, 6.07) is -0.329. The molecule has 3 aliphatic heterocycles. The van der Waals surface area contributed by atoms with Crippen molar-refractivity contribution in [3.63, 3.8) is 0 Å². The molecule has 0 amide bonds. The molecule has 16 nitrogen and oxygen atoms in total. The fourth-order valence-electron chi connectivity index (χ4n) is 13.1. The molecule has 0 aromatic rings. The van der Waals surface area contributed by atoms with Crippen molar-refractivity contribution in [2.24, 2.45) is 46.8 Å². The maximum absolute atomic E-state index is 13.9. The lowest BCUT2D eigenvalue weighted by Crippen LogP contribution is -2.78. The van der Waals surface area contributed by atoms with Crippen LogP contribution in [0.3, 0.4) is 0 Å². The Kier molecular flexibility index (Phi) is 10.3. The summed E-state index contributed by atoms with van der Waals surface area (Å²) in [5, 5.41) is 73.2. The van der Waals surface area contributed by atoms with Crippen molar-refractivity contribution in [3.8, 4) is 0 Å². The van der Waals surface area contributed by atoms with E-state index in [4.69, 9.17) is 23.7 Å². The van der Waals surface area contributed by atoms with Crippen LogP contribution in [0.1, 0.15) is 101 Å². The summed E-state index contributed by atoms with van der Waals surface area (Å²) in [5.41, 5.74) is -9.03. The van der Waals surface area contributed by atoms with Crippen molar-refractivity contribution in [3.05, 3.63) is 0 Å². The summed E-state index contributed by atoms with van der Waals surface area (Å²) < 4.78 is 31.1. The van der Waals surface area contributed by atoms with Crippen LogP contribution in [-0.4, -0.2) is 143 Å². The van der Waals surface area contributed by atoms with Crippen molar-refractivity contribution in [1.29, 1.82) is 0 Å². The monoisotopic (exact) mass is 809 g/mol. The molecule has 0 unspecified atom stereocenters. The molecule has 322 valence electrons. The summed E-state index contributed by atoms with van der Waals surface area (Å²) in [5.74, 6) is -11.5. The van der Waals surface area contributed by atoms with E-state index in [2.05, 4.69) is 11.8 Å². The van der Waals surface area contributed by atoms with Gasteiger partial charge in [-0.25, -0.2) is 4.79 Å². The maximum Gasteiger partial charge on any atom is 0.341 e. The van der Waals surface area contributed by atoms with Crippen molar-refractivity contribution < 1.29 is 73.5 Å². The van der Waals surface area contributed by atoms with Gasteiger partial charge in [0, 0.05) is 44.3 Å². The fourth-order valence-corrected chi connectivity index (χ4v) is 13.1. The van der Waals surface area contributed by atoms with Crippen molar-refractivity contribution in [2.75, 3.05) is 13.1 Å². The Morgan fingerprint density at radius 1 is 0.930 bits per heavy atom. The molecule has 3 saturated heterocycles. The van der Waals surface area contributed by atoms with Crippen LogP contribution >= 0.6 is 0 Å². The average Bonchev–Trinajstić information content (AvgIpc) is 3.40. The predicted octanol–water partition coefficient (Wildman–Crippen LogP) is 0.578. The zero-order valence-electron chi connectivity index (χ0n) is 34.5. The van der Waals surface area contributed by atoms with E-state index >= 15 is 0 Å². The summed E-state index contributed by atoms with van der Waals surface area (Å²) >= 11 is 0. The van der Waals surface area contributed by atoms with Gasteiger partial charge in [0.05, 0.1) is 41.2 Å². The molecule has 3 heterocycles. The zero-order chi connectivity index (χ0) is 42.2. The number of hydrogen-bond donors (Lipinski definition) is 6. The molecule has 7 rings (SSSR count). The topological polar surface area (TPSA) is 239 Å². The van der Waals surface area contributed by atoms with Gasteiger partial charge in [0.2, 0.25) is 5.79 Å². The second-order valence-electron chi connectivity index (χ2n) is 19.4. The zero-order valence-corrected chi connectivity index (χ0v) is 34.5. The first-order chi connectivity index (χ1) is 26.3. The predicted molar refractivity (Wildman–Crippen MR) is 196 cm³/mol. The number of carbonyl (C=O) groups excluding carboxylic acids is 4. The third-order valence-corrected chi connectivity index (χ3v) is 16.1. The molecule has 6 N–H and O–H groups in total. The lowest BCUT2D eigenvalue weighted by molar-refractivity contribution is -0.301. The number of carbonyl (C=O) groups is 4. The summed E-state index contributed by atoms with van der Waals surface area (Å²) in [7, 11) is 0. The molecule has 4 aliphatic carbocycles. The van der Waals surface area contributed by atoms with Gasteiger partial charge in [0.1, 0.15) is 17.8 Å². The summed E-state index contributed by atoms with van der Waals surface area (Å²) in [6.07, 6.45) is -7.41. The average molecular weight is 810 g/mol. The minimum absolute atomic E-state index is 0.0170. The Balaban J connectivity index is 1.45. The summed E-state index contributed by atoms with van der Waals surface area (Å²) in [4.78, 5) is 55.6. The molecule has 0 aromatic carbocycles. The SMILES string of the molecule is CC[C@@H](C)C(=O)O[C@H]1[C@H](O)[C@H]2[C@@H](CN3C[C@@H](C)CC[C@H]3[C@@]2(C)O)[C@@H]2C[C@]34O[C@@]5(O)[C@@H](OC(=O)[C@](C)(O)[C@@H](C)O)CC[C@@]3(C)[C@@H]5[C@@H](OC(C)=O)[C@@H](OC(C)=O)[C@H]4[C@@]21O. The second-order valence-corrected chi connectivity index (χ2v) is 19.4. The normalized spacial score (nSPS) is 50.4. The Hall–Kier alpha value is -2.44. The third-order valence-electron chi connectivity index (χ3n) is 16.1. The second kappa shape index (κ2) is 13.8. The van der Waals surface area contributed by atoms with Gasteiger partial charge in [-0.05, 0) is 77.0 Å². The Bertz CT molecular complexity index is 1650. The van der Waals surface area contributed by atoms with Gasteiger partial charge in [0.25, 0.3) is 0 Å². The van der Waals surface area contributed by atoms with E-state index < -0.39 is 130 Å². The molecule has 4 bridgehead atoms. The van der Waals surface area contributed by atoms with E-state index in [1.165, 1.54) is 6.92 Å². The number of rotatable bonds is 8. The van der Waals surface area contributed by atoms with E-state index in [0.29, 0.717) is 31.8 Å². The molecular weight excluding hydrogens is 746 g/mol. The van der Waals surface area contributed by atoms with Gasteiger partial charge >= 0.3 is 23.9 Å². The number of nitrogens with zero attached hydrogens (tertiary/aromatic N) is 1. The maximum atomic E-state index is 13.9. The molecule has 20 atom stereocenters. The highest BCUT2D eigenvalue weighted by Crippen LogP contribution is 2.78. The lowest BCUT2D eigenvalue weighted by atomic mass is 9.48. The van der Waals surface area contributed by atoms with Crippen LogP contribution < -0.4 is 0 Å². The molecule has 4 saturated carbocycles. The van der Waals surface area contributed by atoms with Crippen LogP contribution in [0, 0.1) is 46.8 Å². The van der Waals surface area contributed by atoms with E-state index in [0.717, 1.165) is 27.2 Å². The minimum atomic E-state index is -2.47. The first kappa shape index (κ1) is 42.7. The molecule has 1 spiro atoms. The highest BCUT2D eigenvalue weighted by molar-refractivity contribution is 5.79. The van der Waals surface area contributed by atoms with Gasteiger partial charge < -0.3 is 54.3 Å². The minimum Gasteiger partial charge on any atom is -0.458 e. The van der Waals surface area contributed by atoms with E-state index in [1.807, 2.05) is 6.92 Å². The van der Waals surface area contributed by atoms with Crippen molar-refractivity contribution in [1.82, 2.24) is 4.90 Å². The van der Waals surface area contributed by atoms with Crippen LogP contribution in [0.5, 0.6) is 0 Å². The van der Waals surface area contributed by atoms with Gasteiger partial charge in [-0.1, -0.05) is 27.7 Å². The number of aliphatic hydroxyl groups is 6.